The van der Waals surface area contributed by atoms with Crippen molar-refractivity contribution in [2.45, 2.75) is 39.0 Å². The van der Waals surface area contributed by atoms with Gasteiger partial charge in [-0.25, -0.2) is 9.97 Å². The maximum Gasteiger partial charge on any atom is 0.416 e. The molecule has 0 saturated carbocycles. The van der Waals surface area contributed by atoms with E-state index in [0.717, 1.165) is 17.7 Å². The third-order valence-corrected chi connectivity index (χ3v) is 4.82. The summed E-state index contributed by atoms with van der Waals surface area (Å²) < 4.78 is 51.3. The van der Waals surface area contributed by atoms with E-state index in [9.17, 15) is 18.0 Å². The van der Waals surface area contributed by atoms with E-state index in [1.807, 2.05) is 6.92 Å². The fourth-order valence-electron chi connectivity index (χ4n) is 3.19. The lowest BCUT2D eigenvalue weighted by Crippen LogP contribution is -2.17. The highest BCUT2D eigenvalue weighted by Crippen LogP contribution is 2.36. The van der Waals surface area contributed by atoms with Gasteiger partial charge in [0.25, 0.3) is 0 Å². The number of aromatic nitrogens is 2. The molecule has 33 heavy (non-hydrogen) atoms. The first-order valence-electron chi connectivity index (χ1n) is 10.2. The molecule has 3 aromatic rings. The van der Waals surface area contributed by atoms with Crippen LogP contribution < -0.4 is 9.47 Å². The molecule has 1 aromatic heterocycles. The Hall–Kier alpha value is -3.62. The van der Waals surface area contributed by atoms with E-state index in [2.05, 4.69) is 9.97 Å². The summed E-state index contributed by atoms with van der Waals surface area (Å²) in [5.74, 6) is 0.108. The lowest BCUT2D eigenvalue weighted by Gasteiger charge is -2.19. The SMILES string of the molecule is Cc1cc(CC(=O)O)ccc1OCC[C@@H](C)Oc1ccc(C(F)(F)F)cc1-c1ncccn1. The van der Waals surface area contributed by atoms with Crippen molar-refractivity contribution in [3.63, 3.8) is 0 Å². The molecule has 1 heterocycles. The fourth-order valence-corrected chi connectivity index (χ4v) is 3.19. The minimum atomic E-state index is -4.50. The number of rotatable bonds is 9. The zero-order valence-electron chi connectivity index (χ0n) is 18.1. The maximum absolute atomic E-state index is 13.2. The smallest absolute Gasteiger partial charge is 0.416 e. The maximum atomic E-state index is 13.2. The van der Waals surface area contributed by atoms with E-state index in [1.54, 1.807) is 31.2 Å². The summed E-state index contributed by atoms with van der Waals surface area (Å²) in [6.07, 6.45) is -1.56. The number of carboxylic acids is 1. The van der Waals surface area contributed by atoms with Gasteiger partial charge in [-0.1, -0.05) is 12.1 Å². The molecule has 0 amide bonds. The molecule has 0 aliphatic rings. The van der Waals surface area contributed by atoms with Crippen molar-refractivity contribution < 1.29 is 32.5 Å². The molecule has 1 atom stereocenters. The Balaban J connectivity index is 1.67. The second-order valence-corrected chi connectivity index (χ2v) is 7.52. The molecule has 3 rings (SSSR count). The van der Waals surface area contributed by atoms with Crippen molar-refractivity contribution in [3.05, 3.63) is 71.5 Å². The highest BCUT2D eigenvalue weighted by atomic mass is 19.4. The van der Waals surface area contributed by atoms with Gasteiger partial charge >= 0.3 is 12.1 Å². The van der Waals surface area contributed by atoms with Crippen LogP contribution in [0.3, 0.4) is 0 Å². The third-order valence-electron chi connectivity index (χ3n) is 4.82. The number of aliphatic carboxylic acids is 1. The standard InChI is InChI=1S/C24H23F3N2O4/c1-15-12-17(13-22(30)31)4-6-20(15)32-11-8-16(2)33-21-7-5-18(24(25,26)27)14-19(21)23-28-9-3-10-29-23/h3-7,9-10,12,14,16H,8,11,13H2,1-2H3,(H,30,31)/t16-/m1/s1. The number of aryl methyl sites for hydroxylation is 1. The molecule has 174 valence electrons. The summed E-state index contributed by atoms with van der Waals surface area (Å²) in [5.41, 5.74) is 0.841. The Bertz CT molecular complexity index is 1100. The van der Waals surface area contributed by atoms with Crippen LogP contribution in [0.4, 0.5) is 13.2 Å². The number of hydrogen-bond acceptors (Lipinski definition) is 5. The zero-order valence-corrected chi connectivity index (χ0v) is 18.1. The van der Waals surface area contributed by atoms with Gasteiger partial charge in [0.2, 0.25) is 0 Å². The molecule has 0 aliphatic carbocycles. The highest BCUT2D eigenvalue weighted by molar-refractivity contribution is 5.70. The minimum absolute atomic E-state index is 0.0629. The van der Waals surface area contributed by atoms with E-state index in [4.69, 9.17) is 14.6 Å². The highest BCUT2D eigenvalue weighted by Gasteiger charge is 2.31. The summed E-state index contributed by atoms with van der Waals surface area (Å²) in [4.78, 5) is 18.9. The van der Waals surface area contributed by atoms with Gasteiger partial charge in [0, 0.05) is 18.8 Å². The van der Waals surface area contributed by atoms with Gasteiger partial charge in [0.05, 0.1) is 30.3 Å². The van der Waals surface area contributed by atoms with Crippen LogP contribution in [0, 0.1) is 6.92 Å². The first kappa shape index (κ1) is 24.0. The quantitative estimate of drug-likeness (QED) is 0.465. The summed E-state index contributed by atoms with van der Waals surface area (Å²) in [6.45, 7) is 3.92. The summed E-state index contributed by atoms with van der Waals surface area (Å²) >= 11 is 0. The number of nitrogens with zero attached hydrogens (tertiary/aromatic N) is 2. The minimum Gasteiger partial charge on any atom is -0.493 e. The van der Waals surface area contributed by atoms with Crippen LogP contribution in [0.15, 0.2) is 54.9 Å². The summed E-state index contributed by atoms with van der Waals surface area (Å²) in [6, 6.07) is 9.98. The molecule has 0 aliphatic heterocycles. The van der Waals surface area contributed by atoms with Gasteiger partial charge in [0.15, 0.2) is 5.82 Å². The van der Waals surface area contributed by atoms with E-state index >= 15 is 0 Å². The molecule has 6 nitrogen and oxygen atoms in total. The van der Waals surface area contributed by atoms with Crippen molar-refractivity contribution in [1.29, 1.82) is 0 Å². The van der Waals surface area contributed by atoms with Crippen LogP contribution in [0.25, 0.3) is 11.4 Å². The number of ether oxygens (including phenoxy) is 2. The molecule has 0 radical (unpaired) electrons. The Morgan fingerprint density at radius 2 is 1.79 bits per heavy atom. The van der Waals surface area contributed by atoms with Crippen LogP contribution in [0.1, 0.15) is 30.0 Å². The van der Waals surface area contributed by atoms with Gasteiger partial charge in [-0.15, -0.1) is 0 Å². The van der Waals surface area contributed by atoms with Crippen LogP contribution in [0.5, 0.6) is 11.5 Å². The van der Waals surface area contributed by atoms with Gasteiger partial charge < -0.3 is 14.6 Å². The molecule has 1 N–H and O–H groups in total. The molecule has 0 saturated heterocycles. The van der Waals surface area contributed by atoms with E-state index in [1.165, 1.54) is 18.5 Å². The Morgan fingerprint density at radius 1 is 1.09 bits per heavy atom. The van der Waals surface area contributed by atoms with Crippen molar-refractivity contribution in [3.8, 4) is 22.9 Å². The monoisotopic (exact) mass is 460 g/mol. The number of carboxylic acid groups (broad SMARTS) is 1. The Morgan fingerprint density at radius 3 is 2.42 bits per heavy atom. The fraction of sp³-hybridized carbons (Fsp3) is 0.292. The third kappa shape index (κ3) is 6.68. The molecule has 0 unspecified atom stereocenters. The van der Waals surface area contributed by atoms with Gasteiger partial charge in [-0.05, 0) is 55.3 Å². The number of halogens is 3. The van der Waals surface area contributed by atoms with Crippen molar-refractivity contribution in [2.24, 2.45) is 0 Å². The van der Waals surface area contributed by atoms with Crippen molar-refractivity contribution in [2.75, 3.05) is 6.61 Å². The number of benzene rings is 2. The molecule has 0 fully saturated rings. The van der Waals surface area contributed by atoms with Crippen molar-refractivity contribution >= 4 is 5.97 Å². The van der Waals surface area contributed by atoms with E-state index < -0.39 is 17.7 Å². The molecule has 2 aromatic carbocycles. The first-order valence-corrected chi connectivity index (χ1v) is 10.2. The molecular weight excluding hydrogens is 437 g/mol. The molecule has 9 heteroatoms. The Kier molecular flexibility index (Phi) is 7.52. The summed E-state index contributed by atoms with van der Waals surface area (Å²) in [7, 11) is 0. The largest absolute Gasteiger partial charge is 0.493 e. The van der Waals surface area contributed by atoms with Crippen LogP contribution in [-0.4, -0.2) is 33.8 Å². The Labute approximate surface area is 189 Å². The van der Waals surface area contributed by atoms with Gasteiger partial charge in [-0.3, -0.25) is 4.79 Å². The molecule has 0 spiro atoms. The summed E-state index contributed by atoms with van der Waals surface area (Å²) in [5, 5.41) is 8.89. The van der Waals surface area contributed by atoms with E-state index in [0.29, 0.717) is 24.3 Å². The predicted octanol–water partition coefficient (Wildman–Crippen LogP) is 5.33. The van der Waals surface area contributed by atoms with Crippen molar-refractivity contribution in [1.82, 2.24) is 9.97 Å². The van der Waals surface area contributed by atoms with Crippen LogP contribution >= 0.6 is 0 Å². The van der Waals surface area contributed by atoms with Crippen LogP contribution in [-0.2, 0) is 17.4 Å². The first-order chi connectivity index (χ1) is 15.6. The van der Waals surface area contributed by atoms with Gasteiger partial charge in [0.1, 0.15) is 11.5 Å². The second kappa shape index (κ2) is 10.3. The lowest BCUT2D eigenvalue weighted by molar-refractivity contribution is -0.138. The molecular formula is C24H23F3N2O4. The zero-order chi connectivity index (χ0) is 24.0. The average Bonchev–Trinajstić information content (AvgIpc) is 2.75. The normalized spacial score (nSPS) is 12.3. The van der Waals surface area contributed by atoms with Gasteiger partial charge in [-0.2, -0.15) is 13.2 Å². The number of alkyl halides is 3. The predicted molar refractivity (Wildman–Crippen MR) is 115 cm³/mol. The molecule has 0 bridgehead atoms. The number of carbonyl (C=O) groups is 1. The topological polar surface area (TPSA) is 81.5 Å². The van der Waals surface area contributed by atoms with E-state index in [-0.39, 0.29) is 29.7 Å². The lowest BCUT2D eigenvalue weighted by atomic mass is 10.1. The number of hydrogen-bond donors (Lipinski definition) is 1. The average molecular weight is 460 g/mol. The van der Waals surface area contributed by atoms with Crippen LogP contribution in [0.2, 0.25) is 0 Å². The second-order valence-electron chi connectivity index (χ2n) is 7.52.